The van der Waals surface area contributed by atoms with Gasteiger partial charge in [-0.25, -0.2) is 0 Å². The van der Waals surface area contributed by atoms with Crippen LogP contribution in [0.15, 0.2) is 30.3 Å². The zero-order valence-corrected chi connectivity index (χ0v) is 15.7. The van der Waals surface area contributed by atoms with E-state index < -0.39 is 0 Å². The predicted octanol–water partition coefficient (Wildman–Crippen LogP) is 6.51. The van der Waals surface area contributed by atoms with Gasteiger partial charge in [0.05, 0.1) is 13.2 Å². The van der Waals surface area contributed by atoms with Gasteiger partial charge in [0.1, 0.15) is 11.5 Å². The largest absolute Gasteiger partial charge is 0.494 e. The summed E-state index contributed by atoms with van der Waals surface area (Å²) >= 11 is 5.69. The molecule has 0 aliphatic rings. The molecule has 0 aliphatic carbocycles. The fourth-order valence-corrected chi connectivity index (χ4v) is 2.95. The van der Waals surface area contributed by atoms with Gasteiger partial charge in [0.2, 0.25) is 0 Å². The fourth-order valence-electron chi connectivity index (χ4n) is 2.76. The van der Waals surface area contributed by atoms with E-state index in [0.29, 0.717) is 0 Å². The van der Waals surface area contributed by atoms with Crippen molar-refractivity contribution in [2.24, 2.45) is 0 Å². The quantitative estimate of drug-likeness (QED) is 0.340. The number of fused-ring (bicyclic) bond motifs is 1. The van der Waals surface area contributed by atoms with E-state index in [9.17, 15) is 0 Å². The molecule has 0 saturated carbocycles. The molecule has 0 N–H and O–H groups in total. The molecule has 0 unspecified atom stereocenters. The van der Waals surface area contributed by atoms with E-state index in [-0.39, 0.29) is 0 Å². The van der Waals surface area contributed by atoms with Crippen molar-refractivity contribution in [2.45, 2.75) is 52.4 Å². The van der Waals surface area contributed by atoms with E-state index in [1.165, 1.54) is 29.2 Å². The van der Waals surface area contributed by atoms with Crippen LogP contribution in [0.3, 0.4) is 0 Å². The molecule has 0 fully saturated rings. The second-order valence-corrected chi connectivity index (χ2v) is 6.60. The topological polar surface area (TPSA) is 18.5 Å². The monoisotopic (exact) mass is 348 g/mol. The van der Waals surface area contributed by atoms with Gasteiger partial charge in [0.25, 0.3) is 0 Å². The third kappa shape index (κ3) is 5.59. The van der Waals surface area contributed by atoms with Crippen LogP contribution in [0.25, 0.3) is 10.8 Å². The Morgan fingerprint density at radius 3 is 2.46 bits per heavy atom. The van der Waals surface area contributed by atoms with Gasteiger partial charge in [0, 0.05) is 5.88 Å². The maximum Gasteiger partial charge on any atom is 0.122 e. The molecule has 0 atom stereocenters. The highest BCUT2D eigenvalue weighted by Gasteiger charge is 2.06. The number of rotatable bonds is 11. The Hall–Kier alpha value is -1.41. The van der Waals surface area contributed by atoms with Crippen molar-refractivity contribution in [3.63, 3.8) is 0 Å². The van der Waals surface area contributed by atoms with Crippen LogP contribution in [-0.4, -0.2) is 19.1 Å². The average molecular weight is 349 g/mol. The molecule has 0 radical (unpaired) electrons. The third-order valence-electron chi connectivity index (χ3n) is 4.26. The highest BCUT2D eigenvalue weighted by atomic mass is 35.5. The zero-order valence-electron chi connectivity index (χ0n) is 14.9. The lowest BCUT2D eigenvalue weighted by Gasteiger charge is -2.13. The van der Waals surface area contributed by atoms with Crippen LogP contribution in [0.5, 0.6) is 11.5 Å². The minimum atomic E-state index is 0.759. The van der Waals surface area contributed by atoms with Crippen LogP contribution in [0.1, 0.15) is 51.0 Å². The van der Waals surface area contributed by atoms with Crippen LogP contribution in [-0.2, 0) is 0 Å². The van der Waals surface area contributed by atoms with Crippen LogP contribution in [0.2, 0.25) is 0 Å². The van der Waals surface area contributed by atoms with E-state index in [4.69, 9.17) is 21.1 Å². The van der Waals surface area contributed by atoms with Crippen molar-refractivity contribution in [3.8, 4) is 11.5 Å². The first kappa shape index (κ1) is 18.9. The summed E-state index contributed by atoms with van der Waals surface area (Å²) in [6.45, 7) is 5.86. The molecular formula is C21H29ClO2. The van der Waals surface area contributed by atoms with Crippen molar-refractivity contribution < 1.29 is 9.47 Å². The Labute approximate surface area is 151 Å². The molecule has 24 heavy (non-hydrogen) atoms. The number of hydrogen-bond donors (Lipinski definition) is 0. The van der Waals surface area contributed by atoms with Gasteiger partial charge in [-0.2, -0.15) is 0 Å². The van der Waals surface area contributed by atoms with E-state index >= 15 is 0 Å². The molecule has 2 aromatic carbocycles. The Balaban J connectivity index is 1.95. The van der Waals surface area contributed by atoms with E-state index in [1.54, 1.807) is 0 Å². The number of hydrogen-bond acceptors (Lipinski definition) is 2. The first-order valence-electron chi connectivity index (χ1n) is 9.11. The van der Waals surface area contributed by atoms with Gasteiger partial charge in [-0.1, -0.05) is 38.3 Å². The molecule has 2 aromatic rings. The normalized spacial score (nSPS) is 11.0. The summed E-state index contributed by atoms with van der Waals surface area (Å²) in [6.07, 6.45) is 6.79. The third-order valence-corrected chi connectivity index (χ3v) is 4.53. The Morgan fingerprint density at radius 2 is 1.67 bits per heavy atom. The summed E-state index contributed by atoms with van der Waals surface area (Å²) in [5.41, 5.74) is 1.20. The number of alkyl halides is 1. The van der Waals surface area contributed by atoms with Gasteiger partial charge < -0.3 is 9.47 Å². The second-order valence-electron chi connectivity index (χ2n) is 6.23. The molecule has 0 aromatic heterocycles. The highest BCUT2D eigenvalue weighted by Crippen LogP contribution is 2.30. The Bertz CT molecular complexity index is 625. The molecule has 132 valence electrons. The summed E-state index contributed by atoms with van der Waals surface area (Å²) < 4.78 is 11.8. The first-order valence-corrected chi connectivity index (χ1v) is 9.64. The SMILES string of the molecule is CCCCOc1ccc2c(C)c(OCCCCCCCl)ccc2c1. The molecular weight excluding hydrogens is 320 g/mol. The molecule has 0 heterocycles. The zero-order chi connectivity index (χ0) is 17.2. The van der Waals surface area contributed by atoms with Crippen molar-refractivity contribution >= 4 is 22.4 Å². The van der Waals surface area contributed by atoms with Crippen molar-refractivity contribution in [2.75, 3.05) is 19.1 Å². The van der Waals surface area contributed by atoms with Crippen LogP contribution >= 0.6 is 11.6 Å². The number of benzene rings is 2. The maximum absolute atomic E-state index is 5.97. The maximum atomic E-state index is 5.97. The smallest absolute Gasteiger partial charge is 0.122 e. The minimum Gasteiger partial charge on any atom is -0.494 e. The average Bonchev–Trinajstić information content (AvgIpc) is 2.60. The minimum absolute atomic E-state index is 0.759. The van der Waals surface area contributed by atoms with Crippen LogP contribution in [0.4, 0.5) is 0 Å². The van der Waals surface area contributed by atoms with Gasteiger partial charge in [-0.3, -0.25) is 0 Å². The second kappa shape index (κ2) is 10.5. The molecule has 0 saturated heterocycles. The lowest BCUT2D eigenvalue weighted by Crippen LogP contribution is -2.00. The molecule has 0 aliphatic heterocycles. The standard InChI is InChI=1S/C21H29ClO2/c1-3-4-14-23-19-10-11-20-17(2)21(12-9-18(20)16-19)24-15-8-6-5-7-13-22/h9-12,16H,3-8,13-15H2,1-2H3. The Kier molecular flexibility index (Phi) is 8.24. The molecule has 0 amide bonds. The van der Waals surface area contributed by atoms with Gasteiger partial charge in [0.15, 0.2) is 0 Å². The lowest BCUT2D eigenvalue weighted by atomic mass is 10.0. The summed E-state index contributed by atoms with van der Waals surface area (Å²) in [5, 5.41) is 2.44. The number of halogens is 1. The molecule has 0 spiro atoms. The van der Waals surface area contributed by atoms with Gasteiger partial charge in [-0.15, -0.1) is 11.6 Å². The van der Waals surface area contributed by atoms with Gasteiger partial charge in [-0.05, 0) is 60.7 Å². The summed E-state index contributed by atoms with van der Waals surface area (Å²) in [5.74, 6) is 2.69. The Morgan fingerprint density at radius 1 is 0.875 bits per heavy atom. The number of unbranched alkanes of at least 4 members (excludes halogenated alkanes) is 4. The molecule has 2 nitrogen and oxygen atoms in total. The summed E-state index contributed by atoms with van der Waals surface area (Å²) in [7, 11) is 0. The van der Waals surface area contributed by atoms with E-state index in [1.807, 2.05) is 0 Å². The fraction of sp³-hybridized carbons (Fsp3) is 0.524. The predicted molar refractivity (Wildman–Crippen MR) is 104 cm³/mol. The summed E-state index contributed by atoms with van der Waals surface area (Å²) in [4.78, 5) is 0. The van der Waals surface area contributed by atoms with Crippen molar-refractivity contribution in [3.05, 3.63) is 35.9 Å². The van der Waals surface area contributed by atoms with Crippen molar-refractivity contribution in [1.82, 2.24) is 0 Å². The van der Waals surface area contributed by atoms with E-state index in [0.717, 1.165) is 56.3 Å². The van der Waals surface area contributed by atoms with E-state index in [2.05, 4.69) is 44.2 Å². The number of aryl methyl sites for hydroxylation is 1. The van der Waals surface area contributed by atoms with Crippen LogP contribution < -0.4 is 9.47 Å². The van der Waals surface area contributed by atoms with Crippen molar-refractivity contribution in [1.29, 1.82) is 0 Å². The van der Waals surface area contributed by atoms with Gasteiger partial charge >= 0.3 is 0 Å². The van der Waals surface area contributed by atoms with Crippen LogP contribution in [0, 0.1) is 6.92 Å². The molecule has 3 heteroatoms. The summed E-state index contributed by atoms with van der Waals surface area (Å²) in [6, 6.07) is 10.5. The first-order chi connectivity index (χ1) is 11.8. The lowest BCUT2D eigenvalue weighted by molar-refractivity contribution is 0.303. The molecule has 2 rings (SSSR count). The number of ether oxygens (including phenoxy) is 2. The molecule has 0 bridgehead atoms. The highest BCUT2D eigenvalue weighted by molar-refractivity contribution is 6.17.